The van der Waals surface area contributed by atoms with Crippen molar-refractivity contribution >= 4 is 47.8 Å². The number of rotatable bonds is 8. The molecule has 0 spiro atoms. The van der Waals surface area contributed by atoms with Crippen LogP contribution in [0.5, 0.6) is 34.5 Å². The number of ether oxygens (including phenoxy) is 6. The van der Waals surface area contributed by atoms with Crippen molar-refractivity contribution in [2.75, 3.05) is 42.7 Å². The number of hydrogen-bond acceptors (Lipinski definition) is 6. The van der Waals surface area contributed by atoms with Gasteiger partial charge in [-0.15, -0.1) is 0 Å². The predicted octanol–water partition coefficient (Wildman–Crippen LogP) is 8.93. The summed E-state index contributed by atoms with van der Waals surface area (Å²) in [4.78, 5) is 0. The van der Waals surface area contributed by atoms with Crippen molar-refractivity contribution in [2.24, 2.45) is 0 Å². The van der Waals surface area contributed by atoms with Crippen molar-refractivity contribution in [1.82, 2.24) is 0 Å². The van der Waals surface area contributed by atoms with Gasteiger partial charge in [0, 0.05) is 41.0 Å². The lowest BCUT2D eigenvalue weighted by Crippen LogP contribution is -2.38. The molecule has 43 heavy (non-hydrogen) atoms. The summed E-state index contributed by atoms with van der Waals surface area (Å²) in [5.41, 5.74) is 6.52. The molecule has 0 saturated carbocycles. The molecule has 6 rings (SSSR count). The molecule has 2 aliphatic rings. The van der Waals surface area contributed by atoms with E-state index in [0.29, 0.717) is 11.5 Å². The van der Waals surface area contributed by atoms with Gasteiger partial charge in [0.1, 0.15) is 34.5 Å². The quantitative estimate of drug-likeness (QED) is 0.167. The normalized spacial score (nSPS) is 21.5. The molecule has 4 aromatic carbocycles. The number of fused-ring (bicyclic) bond motifs is 7. The zero-order valence-electron chi connectivity index (χ0n) is 24.6. The van der Waals surface area contributed by atoms with Crippen LogP contribution in [0.4, 0.5) is 0 Å². The van der Waals surface area contributed by atoms with Crippen LogP contribution in [0, 0.1) is 0 Å². The average molecular weight is 775 g/mol. The van der Waals surface area contributed by atoms with E-state index in [1.165, 1.54) is 0 Å². The molecule has 0 N–H and O–H groups in total. The molecule has 0 unspecified atom stereocenters. The second-order valence-electron chi connectivity index (χ2n) is 10.5. The zero-order chi connectivity index (χ0) is 30.6. The molecule has 0 aromatic heterocycles. The zero-order valence-corrected chi connectivity index (χ0v) is 29.3. The average Bonchev–Trinajstić information content (AvgIpc) is 3.25. The SMILES string of the molecule is COc1ccc([C@@H]2c3c(OC)cc(OC)c(Br)c3[C@H]3c4c(OC)cc(OC)c(Br)c4[C@]2(Br)[C@@H]3c2ccc(OC)cc2)cc1. The molecular formula is C34H31Br3O6. The summed E-state index contributed by atoms with van der Waals surface area (Å²) in [7, 11) is 10.1. The minimum absolute atomic E-state index is 0.0848. The first-order valence-corrected chi connectivity index (χ1v) is 16.0. The number of alkyl halides is 1. The summed E-state index contributed by atoms with van der Waals surface area (Å²) >= 11 is 12.4. The summed E-state index contributed by atoms with van der Waals surface area (Å²) in [5.74, 6) is 4.00. The van der Waals surface area contributed by atoms with Crippen molar-refractivity contribution in [3.05, 3.63) is 103 Å². The number of halogens is 3. The maximum Gasteiger partial charge on any atom is 0.137 e. The Balaban J connectivity index is 1.82. The van der Waals surface area contributed by atoms with Gasteiger partial charge in [-0.2, -0.15) is 0 Å². The van der Waals surface area contributed by atoms with Crippen LogP contribution in [-0.4, -0.2) is 42.7 Å². The van der Waals surface area contributed by atoms with Crippen LogP contribution in [0.2, 0.25) is 0 Å². The lowest BCUT2D eigenvalue weighted by Gasteiger charge is -2.46. The fourth-order valence-corrected chi connectivity index (χ4v) is 10.3. The Morgan fingerprint density at radius 2 is 1.00 bits per heavy atom. The van der Waals surface area contributed by atoms with Crippen LogP contribution < -0.4 is 28.4 Å². The molecular weight excluding hydrogens is 744 g/mol. The van der Waals surface area contributed by atoms with E-state index in [9.17, 15) is 0 Å². The van der Waals surface area contributed by atoms with Crippen LogP contribution in [0.3, 0.4) is 0 Å². The van der Waals surface area contributed by atoms with Crippen LogP contribution in [0.25, 0.3) is 0 Å². The molecule has 0 heterocycles. The van der Waals surface area contributed by atoms with E-state index in [1.807, 2.05) is 36.4 Å². The third kappa shape index (κ3) is 4.37. The number of benzene rings is 4. The van der Waals surface area contributed by atoms with Crippen molar-refractivity contribution in [2.45, 2.75) is 22.1 Å². The minimum atomic E-state index is -0.675. The second kappa shape index (κ2) is 11.6. The smallest absolute Gasteiger partial charge is 0.137 e. The predicted molar refractivity (Wildman–Crippen MR) is 178 cm³/mol. The Morgan fingerprint density at radius 3 is 1.49 bits per heavy atom. The van der Waals surface area contributed by atoms with Gasteiger partial charge < -0.3 is 28.4 Å². The van der Waals surface area contributed by atoms with Gasteiger partial charge in [-0.3, -0.25) is 0 Å². The number of hydrogen-bond donors (Lipinski definition) is 0. The minimum Gasteiger partial charge on any atom is -0.497 e. The van der Waals surface area contributed by atoms with Crippen LogP contribution >= 0.6 is 47.8 Å². The summed E-state index contributed by atoms with van der Waals surface area (Å²) in [6.45, 7) is 0. The molecule has 0 fully saturated rings. The monoisotopic (exact) mass is 772 g/mol. The van der Waals surface area contributed by atoms with Gasteiger partial charge in [-0.1, -0.05) is 40.2 Å². The second-order valence-corrected chi connectivity index (χ2v) is 13.4. The van der Waals surface area contributed by atoms with Gasteiger partial charge >= 0.3 is 0 Å². The Kier molecular flexibility index (Phi) is 8.11. The summed E-state index contributed by atoms with van der Waals surface area (Å²) in [5, 5.41) is 0. The van der Waals surface area contributed by atoms with E-state index >= 15 is 0 Å². The molecule has 0 amide bonds. The van der Waals surface area contributed by atoms with Gasteiger partial charge in [-0.05, 0) is 78.4 Å². The van der Waals surface area contributed by atoms with Crippen molar-refractivity contribution in [1.29, 1.82) is 0 Å². The van der Waals surface area contributed by atoms with Gasteiger partial charge in [-0.25, -0.2) is 0 Å². The van der Waals surface area contributed by atoms with Gasteiger partial charge in [0.05, 0.1) is 55.9 Å². The van der Waals surface area contributed by atoms with Gasteiger partial charge in [0.15, 0.2) is 0 Å². The standard InChI is InChI=1S/C34H31Br3O6/c1-38-19-11-7-17(8-12-19)29-26-22(41-4)15-23(42-5)32(35)28(26)27-25-21(40-3)16-24(43-6)33(36)31(25)34(29,37)30(27)18-9-13-20(39-2)14-10-18/h7-16,27,29-30H,1-6H3/t27-,29-,30-,34-/m1/s1. The molecule has 2 bridgehead atoms. The third-order valence-electron chi connectivity index (χ3n) is 8.81. The van der Waals surface area contributed by atoms with Crippen molar-refractivity contribution in [3.8, 4) is 34.5 Å². The van der Waals surface area contributed by atoms with Crippen molar-refractivity contribution < 1.29 is 28.4 Å². The Morgan fingerprint density at radius 1 is 0.535 bits per heavy atom. The molecule has 4 aromatic rings. The van der Waals surface area contributed by atoms with E-state index in [-0.39, 0.29) is 17.8 Å². The highest BCUT2D eigenvalue weighted by Gasteiger charge is 2.64. The molecule has 9 heteroatoms. The van der Waals surface area contributed by atoms with E-state index in [0.717, 1.165) is 65.3 Å². The Hall–Kier alpha value is -2.88. The maximum atomic E-state index is 6.15. The topological polar surface area (TPSA) is 55.4 Å². The van der Waals surface area contributed by atoms with Gasteiger partial charge in [0.2, 0.25) is 0 Å². The lowest BCUT2D eigenvalue weighted by molar-refractivity contribution is 0.363. The maximum absolute atomic E-state index is 6.15. The summed E-state index contributed by atoms with van der Waals surface area (Å²) in [6.07, 6.45) is 0. The van der Waals surface area contributed by atoms with Crippen LogP contribution in [0.15, 0.2) is 69.6 Å². The Labute approximate surface area is 277 Å². The number of methoxy groups -OCH3 is 6. The van der Waals surface area contributed by atoms with E-state index in [1.54, 1.807) is 42.7 Å². The third-order valence-corrected chi connectivity index (χ3v) is 11.8. The van der Waals surface area contributed by atoms with Gasteiger partial charge in [0.25, 0.3) is 0 Å². The summed E-state index contributed by atoms with van der Waals surface area (Å²) in [6, 6.07) is 20.5. The molecule has 4 atom stereocenters. The van der Waals surface area contributed by atoms with E-state index in [2.05, 4.69) is 72.1 Å². The largest absolute Gasteiger partial charge is 0.497 e. The first kappa shape index (κ1) is 30.2. The first-order chi connectivity index (χ1) is 20.8. The van der Waals surface area contributed by atoms with Crippen LogP contribution in [0.1, 0.15) is 51.1 Å². The molecule has 0 saturated heterocycles. The summed E-state index contributed by atoms with van der Waals surface area (Å²) < 4.78 is 36.2. The van der Waals surface area contributed by atoms with Crippen molar-refractivity contribution in [3.63, 3.8) is 0 Å². The molecule has 0 aliphatic heterocycles. The van der Waals surface area contributed by atoms with E-state index in [4.69, 9.17) is 28.4 Å². The fraction of sp³-hybridized carbons (Fsp3) is 0.294. The Bertz CT molecular complexity index is 1690. The highest BCUT2D eigenvalue weighted by atomic mass is 79.9. The van der Waals surface area contributed by atoms with E-state index < -0.39 is 4.32 Å². The first-order valence-electron chi connectivity index (χ1n) is 13.6. The molecule has 2 aliphatic carbocycles. The lowest BCUT2D eigenvalue weighted by atomic mass is 9.62. The fourth-order valence-electron chi connectivity index (χ4n) is 7.05. The highest BCUT2D eigenvalue weighted by molar-refractivity contribution is 9.11. The highest BCUT2D eigenvalue weighted by Crippen LogP contribution is 2.76. The molecule has 224 valence electrons. The molecule has 6 nitrogen and oxygen atoms in total. The molecule has 0 radical (unpaired) electrons. The van der Waals surface area contributed by atoms with Crippen LogP contribution in [-0.2, 0) is 4.32 Å².